The fourth-order valence-electron chi connectivity index (χ4n) is 2.47. The molecule has 0 aliphatic heterocycles. The third-order valence-corrected chi connectivity index (χ3v) is 3.61. The quantitative estimate of drug-likeness (QED) is 0.664. The molecule has 2 N–H and O–H groups in total. The van der Waals surface area contributed by atoms with Gasteiger partial charge >= 0.3 is 0 Å². The van der Waals surface area contributed by atoms with E-state index in [0.29, 0.717) is 0 Å². The minimum Gasteiger partial charge on any atom is -0.319 e. The summed E-state index contributed by atoms with van der Waals surface area (Å²) in [7, 11) is 0. The monoisotopic (exact) mass is 272 g/mol. The Morgan fingerprint density at radius 2 is 1.70 bits per heavy atom. The first kappa shape index (κ1) is 14.3. The van der Waals surface area contributed by atoms with E-state index < -0.39 is 0 Å². The van der Waals surface area contributed by atoms with Gasteiger partial charge in [-0.2, -0.15) is 0 Å². The van der Waals surface area contributed by atoms with Crippen molar-refractivity contribution < 1.29 is 10.0 Å². The van der Waals surface area contributed by atoms with Gasteiger partial charge in [0.1, 0.15) is 0 Å². The number of amides is 1. The Balaban J connectivity index is 2.20. The summed E-state index contributed by atoms with van der Waals surface area (Å²) in [6, 6.07) is 12.4. The summed E-state index contributed by atoms with van der Waals surface area (Å²) < 4.78 is 2.19. The molecule has 2 aromatic rings. The summed E-state index contributed by atoms with van der Waals surface area (Å²) in [5, 5.41) is 8.56. The lowest BCUT2D eigenvalue weighted by Crippen LogP contribution is -2.20. The zero-order valence-corrected chi connectivity index (χ0v) is 12.1. The van der Waals surface area contributed by atoms with E-state index in [1.807, 2.05) is 19.1 Å². The number of carbonyl (C=O) groups is 1. The molecule has 1 unspecified atom stereocenters. The van der Waals surface area contributed by atoms with Gasteiger partial charge in [0.15, 0.2) is 0 Å². The molecule has 4 heteroatoms. The van der Waals surface area contributed by atoms with Crippen LogP contribution in [0.2, 0.25) is 0 Å². The van der Waals surface area contributed by atoms with Crippen LogP contribution >= 0.6 is 0 Å². The lowest BCUT2D eigenvalue weighted by molar-refractivity contribution is -0.129. The first-order valence-electron chi connectivity index (χ1n) is 6.71. The maximum atomic E-state index is 11.2. The van der Waals surface area contributed by atoms with Crippen molar-refractivity contribution in [2.24, 2.45) is 0 Å². The van der Waals surface area contributed by atoms with Crippen molar-refractivity contribution in [2.45, 2.75) is 33.1 Å². The Morgan fingerprint density at radius 3 is 2.20 bits per heavy atom. The molecule has 0 spiro atoms. The van der Waals surface area contributed by atoms with Crippen LogP contribution in [0, 0.1) is 13.8 Å². The number of nitrogens with one attached hydrogen (secondary N) is 1. The second-order valence-corrected chi connectivity index (χ2v) is 5.18. The Labute approximate surface area is 119 Å². The van der Waals surface area contributed by atoms with Gasteiger partial charge in [-0.3, -0.25) is 10.0 Å². The van der Waals surface area contributed by atoms with Crippen LogP contribution in [-0.4, -0.2) is 15.7 Å². The molecule has 1 amide bonds. The van der Waals surface area contributed by atoms with Crippen LogP contribution in [0.1, 0.15) is 36.2 Å². The summed E-state index contributed by atoms with van der Waals surface area (Å²) in [5.41, 5.74) is 6.27. The van der Waals surface area contributed by atoms with Crippen LogP contribution in [0.4, 0.5) is 0 Å². The first-order valence-corrected chi connectivity index (χ1v) is 6.71. The Morgan fingerprint density at radius 1 is 1.15 bits per heavy atom. The molecule has 1 atom stereocenters. The summed E-state index contributed by atoms with van der Waals surface area (Å²) in [5.74, 6) is -0.290. The van der Waals surface area contributed by atoms with Crippen LogP contribution in [0.15, 0.2) is 36.4 Å². The van der Waals surface area contributed by atoms with E-state index in [9.17, 15) is 4.79 Å². The fraction of sp³-hybridized carbons (Fsp3) is 0.312. The van der Waals surface area contributed by atoms with Gasteiger partial charge in [0.2, 0.25) is 5.91 Å². The van der Waals surface area contributed by atoms with Gasteiger partial charge in [-0.1, -0.05) is 19.1 Å². The highest BCUT2D eigenvalue weighted by molar-refractivity contribution is 5.75. The Bertz CT molecular complexity index is 580. The minimum atomic E-state index is -0.362. The first-order chi connectivity index (χ1) is 9.52. The number of nitrogens with zero attached hydrogens (tertiary/aromatic N) is 1. The average molecular weight is 272 g/mol. The van der Waals surface area contributed by atoms with E-state index in [-0.39, 0.29) is 18.2 Å². The molecular formula is C16H20N2O2. The largest absolute Gasteiger partial charge is 0.319 e. The van der Waals surface area contributed by atoms with E-state index in [2.05, 4.69) is 42.7 Å². The van der Waals surface area contributed by atoms with Crippen LogP contribution < -0.4 is 5.48 Å². The van der Waals surface area contributed by atoms with Crippen molar-refractivity contribution >= 4 is 5.91 Å². The Kier molecular flexibility index (Phi) is 4.25. The summed E-state index contributed by atoms with van der Waals surface area (Å²) in [6.45, 7) is 6.13. The maximum Gasteiger partial charge on any atom is 0.243 e. The van der Waals surface area contributed by atoms with Crippen molar-refractivity contribution in [2.75, 3.05) is 0 Å². The normalized spacial score (nSPS) is 12.2. The third kappa shape index (κ3) is 2.91. The van der Waals surface area contributed by atoms with Gasteiger partial charge < -0.3 is 4.57 Å². The van der Waals surface area contributed by atoms with Gasteiger partial charge in [0.25, 0.3) is 0 Å². The molecule has 0 radical (unpaired) electrons. The van der Waals surface area contributed by atoms with Gasteiger partial charge in [-0.15, -0.1) is 0 Å². The fourth-order valence-corrected chi connectivity index (χ4v) is 2.47. The van der Waals surface area contributed by atoms with Gasteiger partial charge in [-0.05, 0) is 49.6 Å². The van der Waals surface area contributed by atoms with Crippen molar-refractivity contribution in [1.82, 2.24) is 10.0 Å². The van der Waals surface area contributed by atoms with Crippen LogP contribution in [0.5, 0.6) is 0 Å². The maximum absolute atomic E-state index is 11.2. The molecule has 2 rings (SSSR count). The van der Waals surface area contributed by atoms with Gasteiger partial charge in [0.05, 0.1) is 0 Å². The van der Waals surface area contributed by atoms with Crippen LogP contribution in [0.3, 0.4) is 0 Å². The number of carbonyl (C=O) groups excluding carboxylic acids is 1. The highest BCUT2D eigenvalue weighted by Crippen LogP contribution is 2.22. The standard InChI is InChI=1S/C16H20N2O2/c1-11(10-16(19)17-20)14-6-8-15(9-7-14)18-12(2)4-5-13(18)3/h4-9,11,20H,10H2,1-3H3,(H,17,19). The molecule has 4 nitrogen and oxygen atoms in total. The predicted molar refractivity (Wildman–Crippen MR) is 78.2 cm³/mol. The van der Waals surface area contributed by atoms with Crippen LogP contribution in [-0.2, 0) is 4.79 Å². The topological polar surface area (TPSA) is 54.3 Å². The molecular weight excluding hydrogens is 252 g/mol. The predicted octanol–water partition coefficient (Wildman–Crippen LogP) is 3.09. The van der Waals surface area contributed by atoms with E-state index in [1.54, 1.807) is 5.48 Å². The number of benzene rings is 1. The van der Waals surface area contributed by atoms with Crippen molar-refractivity contribution in [3.8, 4) is 5.69 Å². The number of hydroxylamine groups is 1. The smallest absolute Gasteiger partial charge is 0.243 e. The summed E-state index contributed by atoms with van der Waals surface area (Å²) >= 11 is 0. The molecule has 1 heterocycles. The number of rotatable bonds is 4. The molecule has 0 aliphatic carbocycles. The molecule has 0 bridgehead atoms. The third-order valence-electron chi connectivity index (χ3n) is 3.61. The second kappa shape index (κ2) is 5.92. The molecule has 20 heavy (non-hydrogen) atoms. The number of aromatic nitrogens is 1. The van der Waals surface area contributed by atoms with Gasteiger partial charge in [0, 0.05) is 23.5 Å². The zero-order valence-electron chi connectivity index (χ0n) is 12.1. The number of hydrogen-bond acceptors (Lipinski definition) is 2. The highest BCUT2D eigenvalue weighted by atomic mass is 16.5. The second-order valence-electron chi connectivity index (χ2n) is 5.18. The van der Waals surface area contributed by atoms with Crippen molar-refractivity contribution in [3.63, 3.8) is 0 Å². The zero-order chi connectivity index (χ0) is 14.7. The average Bonchev–Trinajstić information content (AvgIpc) is 2.78. The summed E-state index contributed by atoms with van der Waals surface area (Å²) in [4.78, 5) is 11.2. The minimum absolute atomic E-state index is 0.0723. The molecule has 1 aromatic carbocycles. The van der Waals surface area contributed by atoms with E-state index in [4.69, 9.17) is 5.21 Å². The number of aryl methyl sites for hydroxylation is 2. The SMILES string of the molecule is Cc1ccc(C)n1-c1ccc(C(C)CC(=O)NO)cc1. The van der Waals surface area contributed by atoms with Crippen molar-refractivity contribution in [3.05, 3.63) is 53.3 Å². The highest BCUT2D eigenvalue weighted by Gasteiger charge is 2.11. The molecule has 0 saturated carbocycles. The molecule has 1 aromatic heterocycles. The van der Waals surface area contributed by atoms with E-state index in [0.717, 1.165) is 11.3 Å². The van der Waals surface area contributed by atoms with E-state index >= 15 is 0 Å². The lowest BCUT2D eigenvalue weighted by Gasteiger charge is -2.13. The van der Waals surface area contributed by atoms with Crippen LogP contribution in [0.25, 0.3) is 5.69 Å². The van der Waals surface area contributed by atoms with Crippen molar-refractivity contribution in [1.29, 1.82) is 0 Å². The number of hydrogen-bond donors (Lipinski definition) is 2. The molecule has 0 saturated heterocycles. The molecule has 0 aliphatic rings. The lowest BCUT2D eigenvalue weighted by atomic mass is 9.97. The van der Waals surface area contributed by atoms with E-state index in [1.165, 1.54) is 11.4 Å². The molecule has 106 valence electrons. The molecule has 0 fully saturated rings. The summed E-state index contributed by atoms with van der Waals surface area (Å²) in [6.07, 6.45) is 0.275. The van der Waals surface area contributed by atoms with Gasteiger partial charge in [-0.25, -0.2) is 5.48 Å². The Hall–Kier alpha value is -2.07.